The van der Waals surface area contributed by atoms with Crippen LogP contribution in [0.1, 0.15) is 0 Å². The second kappa shape index (κ2) is 4.50. The average Bonchev–Trinajstić information content (AvgIpc) is 2.64. The lowest BCUT2D eigenvalue weighted by molar-refractivity contribution is 0.413. The van der Waals surface area contributed by atoms with Crippen LogP contribution in [0.4, 0.5) is 5.13 Å². The van der Waals surface area contributed by atoms with E-state index in [-0.39, 0.29) is 0 Å². The molecular weight excluding hydrogens is 230 g/mol. The van der Waals surface area contributed by atoms with E-state index in [1.165, 1.54) is 23.3 Å². The second-order valence-electron chi connectivity index (χ2n) is 2.70. The van der Waals surface area contributed by atoms with Crippen LogP contribution in [0.25, 0.3) is 0 Å². The minimum Gasteiger partial charge on any atom is -0.497 e. The van der Waals surface area contributed by atoms with E-state index in [0.717, 1.165) is 10.6 Å². The van der Waals surface area contributed by atoms with E-state index in [2.05, 4.69) is 9.36 Å². The summed E-state index contributed by atoms with van der Waals surface area (Å²) in [4.78, 5) is 5.10. The number of anilines is 1. The molecule has 1 heterocycles. The topological polar surface area (TPSA) is 61.0 Å². The molecule has 0 unspecified atom stereocenters. The smallest absolute Gasteiger partial charge is 0.206 e. The molecule has 0 spiro atoms. The molecule has 0 atom stereocenters. The SMILES string of the molecule is COc1cccc(Sc2nsc(N)n2)c1. The first-order valence-electron chi connectivity index (χ1n) is 4.19. The van der Waals surface area contributed by atoms with Gasteiger partial charge in [-0.05, 0) is 30.0 Å². The van der Waals surface area contributed by atoms with Crippen molar-refractivity contribution in [3.05, 3.63) is 24.3 Å². The maximum absolute atomic E-state index is 5.50. The Morgan fingerprint density at radius 1 is 1.47 bits per heavy atom. The highest BCUT2D eigenvalue weighted by molar-refractivity contribution is 7.99. The molecule has 2 rings (SSSR count). The highest BCUT2D eigenvalue weighted by atomic mass is 32.2. The zero-order valence-corrected chi connectivity index (χ0v) is 9.64. The van der Waals surface area contributed by atoms with Gasteiger partial charge in [0, 0.05) is 16.4 Å². The number of hydrogen-bond acceptors (Lipinski definition) is 6. The molecule has 0 aliphatic rings. The molecule has 1 aromatic heterocycles. The normalized spacial score (nSPS) is 10.2. The van der Waals surface area contributed by atoms with Gasteiger partial charge in [0.25, 0.3) is 0 Å². The van der Waals surface area contributed by atoms with Gasteiger partial charge in [0.2, 0.25) is 10.3 Å². The first kappa shape index (κ1) is 10.3. The predicted octanol–water partition coefficient (Wildman–Crippen LogP) is 2.28. The quantitative estimate of drug-likeness (QED) is 0.890. The maximum Gasteiger partial charge on any atom is 0.206 e. The van der Waals surface area contributed by atoms with Crippen molar-refractivity contribution >= 4 is 28.4 Å². The van der Waals surface area contributed by atoms with Gasteiger partial charge in [-0.2, -0.15) is 9.36 Å². The van der Waals surface area contributed by atoms with Gasteiger partial charge in [0.1, 0.15) is 5.75 Å². The lowest BCUT2D eigenvalue weighted by Crippen LogP contribution is -1.83. The molecular formula is C9H9N3OS2. The Morgan fingerprint density at radius 2 is 2.33 bits per heavy atom. The Balaban J connectivity index is 2.16. The van der Waals surface area contributed by atoms with Crippen molar-refractivity contribution in [1.29, 1.82) is 0 Å². The third kappa shape index (κ3) is 2.60. The van der Waals surface area contributed by atoms with Crippen LogP contribution in [-0.4, -0.2) is 16.5 Å². The standard InChI is InChI=1S/C9H9N3OS2/c1-13-6-3-2-4-7(5-6)14-9-11-8(10)15-12-9/h2-5H,1H3,(H2,10,11,12). The minimum atomic E-state index is 0.486. The molecule has 6 heteroatoms. The van der Waals surface area contributed by atoms with Crippen LogP contribution in [-0.2, 0) is 0 Å². The van der Waals surface area contributed by atoms with Crippen molar-refractivity contribution in [3.63, 3.8) is 0 Å². The number of rotatable bonds is 3. The molecule has 0 radical (unpaired) electrons. The first-order valence-corrected chi connectivity index (χ1v) is 5.78. The van der Waals surface area contributed by atoms with Crippen molar-refractivity contribution in [1.82, 2.24) is 9.36 Å². The number of nitrogen functional groups attached to an aromatic ring is 1. The molecule has 0 aliphatic carbocycles. The average molecular weight is 239 g/mol. The van der Waals surface area contributed by atoms with Crippen LogP contribution in [0.2, 0.25) is 0 Å². The number of methoxy groups -OCH3 is 1. The monoisotopic (exact) mass is 239 g/mol. The van der Waals surface area contributed by atoms with Crippen molar-refractivity contribution in [3.8, 4) is 5.75 Å². The summed E-state index contributed by atoms with van der Waals surface area (Å²) >= 11 is 2.66. The van der Waals surface area contributed by atoms with Crippen LogP contribution in [0, 0.1) is 0 Å². The third-order valence-electron chi connectivity index (χ3n) is 1.67. The minimum absolute atomic E-state index is 0.486. The van der Waals surface area contributed by atoms with E-state index in [1.807, 2.05) is 24.3 Å². The Hall–Kier alpha value is -1.27. The van der Waals surface area contributed by atoms with Crippen LogP contribution in [0.3, 0.4) is 0 Å². The highest BCUT2D eigenvalue weighted by Crippen LogP contribution is 2.29. The van der Waals surface area contributed by atoms with Crippen molar-refractivity contribution < 1.29 is 4.74 Å². The fourth-order valence-corrected chi connectivity index (χ4v) is 2.37. The molecule has 0 aliphatic heterocycles. The van der Waals surface area contributed by atoms with Gasteiger partial charge >= 0.3 is 0 Å². The van der Waals surface area contributed by atoms with E-state index in [0.29, 0.717) is 10.3 Å². The van der Waals surface area contributed by atoms with Gasteiger partial charge in [-0.3, -0.25) is 0 Å². The van der Waals surface area contributed by atoms with E-state index >= 15 is 0 Å². The van der Waals surface area contributed by atoms with Gasteiger partial charge in [0.05, 0.1) is 7.11 Å². The summed E-state index contributed by atoms with van der Waals surface area (Å²) in [6, 6.07) is 7.73. The molecule has 0 saturated carbocycles. The summed E-state index contributed by atoms with van der Waals surface area (Å²) in [5, 5.41) is 1.16. The first-order chi connectivity index (χ1) is 7.28. The van der Waals surface area contributed by atoms with Crippen LogP contribution in [0.15, 0.2) is 34.3 Å². The van der Waals surface area contributed by atoms with Crippen LogP contribution < -0.4 is 10.5 Å². The predicted molar refractivity (Wildman–Crippen MR) is 61.4 cm³/mol. The van der Waals surface area contributed by atoms with E-state index in [1.54, 1.807) is 7.11 Å². The highest BCUT2D eigenvalue weighted by Gasteiger charge is 2.04. The zero-order chi connectivity index (χ0) is 10.7. The molecule has 15 heavy (non-hydrogen) atoms. The Bertz CT molecular complexity index is 458. The number of nitrogens with zero attached hydrogens (tertiary/aromatic N) is 2. The molecule has 4 nitrogen and oxygen atoms in total. The lowest BCUT2D eigenvalue weighted by atomic mass is 10.3. The molecule has 0 fully saturated rings. The molecule has 2 aromatic rings. The third-order valence-corrected chi connectivity index (χ3v) is 3.19. The summed E-state index contributed by atoms with van der Waals surface area (Å²) in [5.41, 5.74) is 5.50. The molecule has 0 bridgehead atoms. The molecule has 78 valence electrons. The van der Waals surface area contributed by atoms with E-state index < -0.39 is 0 Å². The summed E-state index contributed by atoms with van der Waals surface area (Å²) in [7, 11) is 1.64. The van der Waals surface area contributed by atoms with E-state index in [9.17, 15) is 0 Å². The lowest BCUT2D eigenvalue weighted by Gasteiger charge is -2.01. The summed E-state index contributed by atoms with van der Waals surface area (Å²) in [5.74, 6) is 0.822. The Morgan fingerprint density at radius 3 is 3.00 bits per heavy atom. The van der Waals surface area contributed by atoms with Gasteiger partial charge in [-0.25, -0.2) is 0 Å². The zero-order valence-electron chi connectivity index (χ0n) is 8.01. The molecule has 0 amide bonds. The number of benzene rings is 1. The van der Waals surface area contributed by atoms with Crippen molar-refractivity contribution in [2.45, 2.75) is 10.1 Å². The van der Waals surface area contributed by atoms with Gasteiger partial charge in [-0.1, -0.05) is 6.07 Å². The second-order valence-corrected chi connectivity index (χ2v) is 4.52. The summed E-state index contributed by atoms with van der Waals surface area (Å²) < 4.78 is 9.22. The van der Waals surface area contributed by atoms with Crippen molar-refractivity contribution in [2.75, 3.05) is 12.8 Å². The number of hydrogen-bond donors (Lipinski definition) is 1. The molecule has 0 saturated heterocycles. The largest absolute Gasteiger partial charge is 0.497 e. The fourth-order valence-electron chi connectivity index (χ4n) is 1.03. The number of aromatic nitrogens is 2. The Labute approximate surface area is 95.7 Å². The van der Waals surface area contributed by atoms with Crippen molar-refractivity contribution in [2.24, 2.45) is 0 Å². The number of ether oxygens (including phenoxy) is 1. The van der Waals surface area contributed by atoms with Gasteiger partial charge < -0.3 is 10.5 Å². The number of nitrogens with two attached hydrogens (primary N) is 1. The van der Waals surface area contributed by atoms with E-state index in [4.69, 9.17) is 10.5 Å². The van der Waals surface area contributed by atoms with Gasteiger partial charge in [-0.15, -0.1) is 0 Å². The maximum atomic E-state index is 5.50. The van der Waals surface area contributed by atoms with Gasteiger partial charge in [0.15, 0.2) is 0 Å². The molecule has 1 aromatic carbocycles. The molecule has 2 N–H and O–H groups in total. The van der Waals surface area contributed by atoms with Crippen LogP contribution in [0.5, 0.6) is 5.75 Å². The fraction of sp³-hybridized carbons (Fsp3) is 0.111. The summed E-state index contributed by atoms with van der Waals surface area (Å²) in [6.45, 7) is 0. The summed E-state index contributed by atoms with van der Waals surface area (Å²) in [6.07, 6.45) is 0. The van der Waals surface area contributed by atoms with Crippen LogP contribution >= 0.6 is 23.3 Å². The Kier molecular flexibility index (Phi) is 3.08.